The maximum Gasteiger partial charge on any atom is 0.335 e. The number of carbonyl (C=O) groups is 2. The number of carboxylic acids is 1. The highest BCUT2D eigenvalue weighted by molar-refractivity contribution is 5.73. The van der Waals surface area contributed by atoms with Gasteiger partial charge in [-0.1, -0.05) is 20.8 Å². The maximum atomic E-state index is 14.2. The highest BCUT2D eigenvalue weighted by Crippen LogP contribution is 2.40. The number of aliphatic hydroxyl groups excluding tert-OH is 11. The van der Waals surface area contributed by atoms with Gasteiger partial charge in [-0.15, -0.1) is 0 Å². The molecule has 0 unspecified atom stereocenters. The number of ether oxygens (including phenoxy) is 8. The quantitative estimate of drug-likeness (QED) is 0.0700. The van der Waals surface area contributed by atoms with E-state index in [-0.39, 0.29) is 37.3 Å². The van der Waals surface area contributed by atoms with Crippen LogP contribution in [0.3, 0.4) is 0 Å². The van der Waals surface area contributed by atoms with Crippen molar-refractivity contribution in [3.63, 3.8) is 0 Å². The lowest BCUT2D eigenvalue weighted by molar-refractivity contribution is -0.326. The number of hydrogen-bond acceptors (Lipinski definition) is 25. The van der Waals surface area contributed by atoms with E-state index in [1.54, 1.807) is 41.5 Å². The van der Waals surface area contributed by atoms with Crippen molar-refractivity contribution < 1.29 is 119 Å². The maximum absolute atomic E-state index is 14.2. The molecule has 4 aliphatic heterocycles. The van der Waals surface area contributed by atoms with Gasteiger partial charge < -0.3 is 119 Å². The first kappa shape index (κ1) is 68.3. The number of esters is 1. The van der Waals surface area contributed by atoms with Gasteiger partial charge >= 0.3 is 11.9 Å². The molecule has 4 aliphatic rings. The Balaban J connectivity index is 0.000000529. The van der Waals surface area contributed by atoms with Gasteiger partial charge in [0.1, 0.15) is 72.7 Å². The van der Waals surface area contributed by atoms with Crippen LogP contribution in [0.15, 0.2) is 0 Å². The van der Waals surface area contributed by atoms with Crippen molar-refractivity contribution in [1.29, 1.82) is 0 Å². The Morgan fingerprint density at radius 3 is 1.97 bits per heavy atom. The molecule has 14 N–H and O–H groups in total. The smallest absolute Gasteiger partial charge is 0.335 e. The lowest BCUT2D eigenvalue weighted by Gasteiger charge is -2.48. The van der Waals surface area contributed by atoms with E-state index in [9.17, 15) is 65.8 Å². The Morgan fingerprint density at radius 1 is 0.842 bits per heavy atom. The minimum absolute atomic E-state index is 0.133. The number of carboxylic acid groups (broad SMARTS) is 1. The van der Waals surface area contributed by atoms with E-state index in [0.29, 0.717) is 13.0 Å². The Morgan fingerprint density at radius 2 is 1.45 bits per heavy atom. The van der Waals surface area contributed by atoms with Crippen LogP contribution in [0.2, 0.25) is 0 Å². The summed E-state index contributed by atoms with van der Waals surface area (Å²) in [5.74, 6) is -4.42. The van der Waals surface area contributed by atoms with Crippen molar-refractivity contribution in [3.05, 3.63) is 0 Å². The normalized spacial score (nSPS) is 45.3. The first-order valence-electron chi connectivity index (χ1n) is 26.1. The SMILES string of the molecule is CC[C@H]1OC(=O)[C@H](C)[C@@H](O[C@H]2C[C@@](C)(OC)[C@@H](O)[C@H](C)O2)[C@H](C)[C@@H](O[C@@H]2O[C@H](C)C[C@H](N(C)C)[C@H]2O)[C@](C)(O)C[C@@H](C)CN(C)[C@H](C)[C@@H](O)[C@]1(C)O.O=C(O)[C@H](O)[C@@H](O)[C@H](O[C@@H]1O[C@H](CO)[C@H](O)[C@H](O)[C@H]1O)[C@H](O)CO. The molecule has 0 bridgehead atoms. The number of cyclic esters (lactones) is 1. The summed E-state index contributed by atoms with van der Waals surface area (Å²) < 4.78 is 47.5. The summed E-state index contributed by atoms with van der Waals surface area (Å²) in [6.07, 6.45) is -25.1. The molecule has 448 valence electrons. The fourth-order valence-corrected chi connectivity index (χ4v) is 10.9. The van der Waals surface area contributed by atoms with E-state index in [0.717, 1.165) is 0 Å². The van der Waals surface area contributed by atoms with E-state index in [1.165, 1.54) is 14.0 Å². The zero-order valence-electron chi connectivity index (χ0n) is 46.5. The highest BCUT2D eigenvalue weighted by Gasteiger charge is 2.53. The van der Waals surface area contributed by atoms with Crippen LogP contribution in [0.4, 0.5) is 0 Å². The number of carbonyl (C=O) groups excluding carboxylic acids is 1. The molecule has 27 atom stereocenters. The number of hydrogen-bond donors (Lipinski definition) is 14. The number of nitrogens with zero attached hydrogens (tertiary/aromatic N) is 2. The molecule has 4 fully saturated rings. The van der Waals surface area contributed by atoms with Gasteiger partial charge in [0, 0.05) is 38.1 Å². The minimum Gasteiger partial charge on any atom is -0.479 e. The van der Waals surface area contributed by atoms with Gasteiger partial charge in [-0.25, -0.2) is 4.79 Å². The second-order valence-electron chi connectivity index (χ2n) is 22.5. The predicted molar refractivity (Wildman–Crippen MR) is 266 cm³/mol. The summed E-state index contributed by atoms with van der Waals surface area (Å²) in [5.41, 5.74) is -4.37. The molecule has 26 heteroatoms. The Hall–Kier alpha value is -1.94. The summed E-state index contributed by atoms with van der Waals surface area (Å²) in [6.45, 7) is 16.3. The van der Waals surface area contributed by atoms with Gasteiger partial charge in [-0.05, 0) is 94.8 Å². The van der Waals surface area contributed by atoms with Crippen molar-refractivity contribution in [2.24, 2.45) is 17.8 Å². The fourth-order valence-electron chi connectivity index (χ4n) is 10.9. The largest absolute Gasteiger partial charge is 0.479 e. The molecule has 0 aliphatic carbocycles. The highest BCUT2D eigenvalue weighted by atomic mass is 16.7. The van der Waals surface area contributed by atoms with Crippen LogP contribution in [0.1, 0.15) is 94.9 Å². The molecule has 0 aromatic carbocycles. The van der Waals surface area contributed by atoms with Crippen LogP contribution in [0, 0.1) is 17.8 Å². The number of aliphatic carboxylic acids is 1. The van der Waals surface area contributed by atoms with Crippen LogP contribution in [0.5, 0.6) is 0 Å². The van der Waals surface area contributed by atoms with Crippen LogP contribution in [-0.4, -0.2) is 287 Å². The van der Waals surface area contributed by atoms with Crippen LogP contribution in [0.25, 0.3) is 0 Å². The van der Waals surface area contributed by atoms with Gasteiger partial charge in [0.05, 0.1) is 54.7 Å². The Kier molecular flexibility index (Phi) is 25.8. The topological polar surface area (TPSA) is 398 Å². The van der Waals surface area contributed by atoms with Gasteiger partial charge in [0.2, 0.25) is 0 Å². The van der Waals surface area contributed by atoms with Crippen molar-refractivity contribution >= 4 is 11.9 Å². The Labute approximate surface area is 445 Å². The van der Waals surface area contributed by atoms with Crippen molar-refractivity contribution in [2.75, 3.05) is 48.0 Å². The third kappa shape index (κ3) is 16.4. The lowest BCUT2D eigenvalue weighted by Crippen LogP contribution is -2.61. The van der Waals surface area contributed by atoms with Crippen LogP contribution >= 0.6 is 0 Å². The second-order valence-corrected chi connectivity index (χ2v) is 22.5. The van der Waals surface area contributed by atoms with E-state index in [2.05, 4.69) is 0 Å². The molecule has 0 amide bonds. The first-order chi connectivity index (χ1) is 35.1. The molecular formula is C50H94N2O24. The van der Waals surface area contributed by atoms with E-state index >= 15 is 0 Å². The summed E-state index contributed by atoms with van der Waals surface area (Å²) in [4.78, 5) is 28.8. The molecular weight excluding hydrogens is 1010 g/mol. The molecule has 76 heavy (non-hydrogen) atoms. The summed E-state index contributed by atoms with van der Waals surface area (Å²) in [7, 11) is 7.12. The van der Waals surface area contributed by atoms with E-state index in [1.807, 2.05) is 51.7 Å². The second kappa shape index (κ2) is 28.7. The molecule has 0 aromatic heterocycles. The van der Waals surface area contributed by atoms with Gasteiger partial charge in [0.25, 0.3) is 0 Å². The standard InChI is InChI=1S/C38H72N2O12.C12H22O12/c1-15-27-38(10,46)31(42)24(6)40(13)19-20(2)17-36(8,45)33(52-35-29(41)26(39(11)12)16-21(3)48-35)22(4)30(23(5)34(44)50-27)51-28-18-37(9,47-14)32(43)25(7)49-28;13-1-3(15)10(7(18)8(19)11(21)22)24-12-9(20)6(17)5(16)4(2-14)23-12/h20-33,35,41-43,45-46H,15-19H2,1-14H3;3-10,12-20H,1-2H2,(H,21,22)/t20-,21-,22+,23-,24-,25+,26+,27-,28+,29-,30+,31-,32+,33-,35+,36-,37-,38-;3-,4-,5+,6+,7-,8-,9-,10-,12+/m11/s1. The number of methoxy groups -OCH3 is 1. The molecule has 4 saturated heterocycles. The number of likely N-dealkylation sites (N-methyl/N-ethyl adjacent to an activating group) is 2. The zero-order valence-corrected chi connectivity index (χ0v) is 46.5. The van der Waals surface area contributed by atoms with E-state index in [4.69, 9.17) is 53.2 Å². The predicted octanol–water partition coefficient (Wildman–Crippen LogP) is -3.77. The van der Waals surface area contributed by atoms with Gasteiger partial charge in [-0.3, -0.25) is 4.79 Å². The monoisotopic (exact) mass is 1110 g/mol. The van der Waals surface area contributed by atoms with Crippen molar-refractivity contribution in [1.82, 2.24) is 9.80 Å². The molecule has 4 heterocycles. The number of aliphatic hydroxyl groups is 13. The van der Waals surface area contributed by atoms with E-state index < -0.39 is 170 Å². The van der Waals surface area contributed by atoms with Gasteiger partial charge in [-0.2, -0.15) is 0 Å². The molecule has 4 rings (SSSR count). The van der Waals surface area contributed by atoms with Crippen LogP contribution in [-0.2, 0) is 47.5 Å². The molecule has 0 aromatic rings. The fraction of sp³-hybridized carbons (Fsp3) is 0.960. The van der Waals surface area contributed by atoms with Crippen molar-refractivity contribution in [3.8, 4) is 0 Å². The summed E-state index contributed by atoms with van der Waals surface area (Å²) >= 11 is 0. The molecule has 26 nitrogen and oxygen atoms in total. The summed E-state index contributed by atoms with van der Waals surface area (Å²) in [5, 5.41) is 143. The molecule has 0 saturated carbocycles. The molecule has 0 spiro atoms. The zero-order chi connectivity index (χ0) is 58.3. The summed E-state index contributed by atoms with van der Waals surface area (Å²) in [6, 6.07) is -0.808. The average Bonchev–Trinajstić information content (AvgIpc) is 3.35. The molecule has 0 radical (unpaired) electrons. The lowest BCUT2D eigenvalue weighted by atomic mass is 9.77. The number of rotatable bonds is 15. The Bertz CT molecular complexity index is 1770. The average molecular weight is 1110 g/mol. The minimum atomic E-state index is -2.39. The third-order valence-electron chi connectivity index (χ3n) is 15.8. The third-order valence-corrected chi connectivity index (χ3v) is 15.8. The van der Waals surface area contributed by atoms with Crippen molar-refractivity contribution in [2.45, 2.75) is 240 Å². The van der Waals surface area contributed by atoms with Gasteiger partial charge in [0.15, 0.2) is 25.0 Å². The van der Waals surface area contributed by atoms with Crippen LogP contribution < -0.4 is 0 Å². The first-order valence-corrected chi connectivity index (χ1v) is 26.1.